The van der Waals surface area contributed by atoms with E-state index in [4.69, 9.17) is 14.2 Å². The van der Waals surface area contributed by atoms with Crippen molar-refractivity contribution in [3.05, 3.63) is 17.7 Å². The fourth-order valence-corrected chi connectivity index (χ4v) is 5.13. The zero-order valence-electron chi connectivity index (χ0n) is 16.5. The van der Waals surface area contributed by atoms with Crippen LogP contribution in [0.2, 0.25) is 0 Å². The number of carbonyl (C=O) groups excluding carboxylic acids is 1. The summed E-state index contributed by atoms with van der Waals surface area (Å²) in [5, 5.41) is -0.0883. The lowest BCUT2D eigenvalue weighted by molar-refractivity contribution is -0.128. The van der Waals surface area contributed by atoms with Crippen molar-refractivity contribution < 1.29 is 19.0 Å². The van der Waals surface area contributed by atoms with E-state index in [2.05, 4.69) is 4.90 Å². The molecule has 6 nitrogen and oxygen atoms in total. The van der Waals surface area contributed by atoms with Crippen molar-refractivity contribution in [3.63, 3.8) is 0 Å². The summed E-state index contributed by atoms with van der Waals surface area (Å²) < 4.78 is 16.6. The highest BCUT2D eigenvalue weighted by Crippen LogP contribution is 2.48. The topological polar surface area (TPSA) is 51.2 Å². The first kappa shape index (κ1) is 20.1. The van der Waals surface area contributed by atoms with E-state index in [0.717, 1.165) is 25.1 Å². The molecule has 1 atom stereocenters. The van der Waals surface area contributed by atoms with Crippen molar-refractivity contribution in [2.24, 2.45) is 0 Å². The van der Waals surface area contributed by atoms with Gasteiger partial charge in [-0.1, -0.05) is 6.42 Å². The summed E-state index contributed by atoms with van der Waals surface area (Å²) in [5.41, 5.74) is 0.912. The van der Waals surface area contributed by atoms with Gasteiger partial charge in [-0.3, -0.25) is 4.79 Å². The van der Waals surface area contributed by atoms with E-state index in [0.29, 0.717) is 23.0 Å². The summed E-state index contributed by atoms with van der Waals surface area (Å²) in [7, 11) is 4.90. The van der Waals surface area contributed by atoms with Crippen molar-refractivity contribution in [2.75, 3.05) is 53.3 Å². The summed E-state index contributed by atoms with van der Waals surface area (Å²) in [5.74, 6) is 2.74. The first-order valence-electron chi connectivity index (χ1n) is 9.61. The second-order valence-corrected chi connectivity index (χ2v) is 8.02. The minimum atomic E-state index is -0.0883. The average molecular weight is 395 g/mol. The minimum absolute atomic E-state index is 0.0883. The van der Waals surface area contributed by atoms with Crippen LogP contribution in [0.5, 0.6) is 17.2 Å². The molecule has 1 aromatic rings. The first-order chi connectivity index (χ1) is 13.2. The molecule has 0 N–H and O–H groups in total. The highest BCUT2D eigenvalue weighted by molar-refractivity contribution is 8.00. The maximum Gasteiger partial charge on any atom is 0.233 e. The van der Waals surface area contributed by atoms with Gasteiger partial charge in [0.05, 0.1) is 32.6 Å². The van der Waals surface area contributed by atoms with Gasteiger partial charge in [-0.05, 0) is 38.9 Å². The van der Waals surface area contributed by atoms with Gasteiger partial charge in [-0.15, -0.1) is 11.8 Å². The highest BCUT2D eigenvalue weighted by Gasteiger charge is 2.36. The van der Waals surface area contributed by atoms with E-state index in [1.807, 2.05) is 17.0 Å². The molecule has 0 spiro atoms. The lowest BCUT2D eigenvalue weighted by Gasteiger charge is -2.30. The van der Waals surface area contributed by atoms with Crippen molar-refractivity contribution in [2.45, 2.75) is 31.1 Å². The van der Waals surface area contributed by atoms with Gasteiger partial charge < -0.3 is 24.0 Å². The van der Waals surface area contributed by atoms with Crippen LogP contribution in [0.1, 0.15) is 36.6 Å². The Labute approximate surface area is 166 Å². The highest BCUT2D eigenvalue weighted by atomic mass is 32.2. The van der Waals surface area contributed by atoms with Crippen LogP contribution >= 0.6 is 11.8 Å². The lowest BCUT2D eigenvalue weighted by Crippen LogP contribution is -2.35. The van der Waals surface area contributed by atoms with E-state index in [1.165, 1.54) is 32.4 Å². The maximum absolute atomic E-state index is 12.5. The summed E-state index contributed by atoms with van der Waals surface area (Å²) in [6, 6.07) is 3.71. The molecule has 27 heavy (non-hydrogen) atoms. The van der Waals surface area contributed by atoms with E-state index in [9.17, 15) is 4.79 Å². The molecule has 1 aromatic carbocycles. The lowest BCUT2D eigenvalue weighted by atomic mass is 10.1. The van der Waals surface area contributed by atoms with Crippen molar-refractivity contribution >= 4 is 17.7 Å². The summed E-state index contributed by atoms with van der Waals surface area (Å²) >= 11 is 1.63. The third-order valence-electron chi connectivity index (χ3n) is 5.29. The predicted molar refractivity (Wildman–Crippen MR) is 108 cm³/mol. The van der Waals surface area contributed by atoms with Gasteiger partial charge in [0.2, 0.25) is 5.91 Å². The van der Waals surface area contributed by atoms with Crippen LogP contribution in [0.15, 0.2) is 12.1 Å². The Morgan fingerprint density at radius 1 is 1.00 bits per heavy atom. The number of rotatable bonds is 8. The molecule has 0 aliphatic carbocycles. The molecule has 0 radical (unpaired) electrons. The second-order valence-electron chi connectivity index (χ2n) is 6.95. The Bertz CT molecular complexity index is 624. The third kappa shape index (κ3) is 4.63. The smallest absolute Gasteiger partial charge is 0.233 e. The number of hydrogen-bond donors (Lipinski definition) is 0. The average Bonchev–Trinajstić information content (AvgIpc) is 3.07. The summed E-state index contributed by atoms with van der Waals surface area (Å²) in [4.78, 5) is 17.0. The summed E-state index contributed by atoms with van der Waals surface area (Å²) in [6.45, 7) is 4.18. The van der Waals surface area contributed by atoms with E-state index >= 15 is 0 Å². The molecular weight excluding hydrogens is 364 g/mol. The quantitative estimate of drug-likeness (QED) is 0.675. The number of benzene rings is 1. The van der Waals surface area contributed by atoms with Gasteiger partial charge in [-0.2, -0.15) is 0 Å². The Kier molecular flexibility index (Phi) is 7.13. The molecule has 150 valence electrons. The maximum atomic E-state index is 12.5. The molecule has 0 saturated carbocycles. The fourth-order valence-electron chi connectivity index (χ4n) is 3.86. The number of piperidine rings is 1. The van der Waals surface area contributed by atoms with Gasteiger partial charge >= 0.3 is 0 Å². The zero-order chi connectivity index (χ0) is 19.2. The molecule has 2 saturated heterocycles. The van der Waals surface area contributed by atoms with Crippen LogP contribution in [0.3, 0.4) is 0 Å². The molecular formula is C20H30N2O4S. The molecule has 7 heteroatoms. The molecule has 2 aliphatic rings. The molecule has 2 heterocycles. The van der Waals surface area contributed by atoms with Crippen LogP contribution in [0.25, 0.3) is 0 Å². The van der Waals surface area contributed by atoms with E-state index < -0.39 is 0 Å². The van der Waals surface area contributed by atoms with Gasteiger partial charge in [0.1, 0.15) is 22.6 Å². The van der Waals surface area contributed by atoms with E-state index in [1.54, 1.807) is 33.1 Å². The minimum Gasteiger partial charge on any atom is -0.496 e. The number of methoxy groups -OCH3 is 3. The van der Waals surface area contributed by atoms with Crippen molar-refractivity contribution in [1.82, 2.24) is 9.80 Å². The van der Waals surface area contributed by atoms with Crippen LogP contribution in [-0.4, -0.2) is 69.0 Å². The van der Waals surface area contributed by atoms with Crippen LogP contribution in [0.4, 0.5) is 0 Å². The van der Waals surface area contributed by atoms with Gasteiger partial charge in [-0.25, -0.2) is 0 Å². The monoisotopic (exact) mass is 394 g/mol. The normalized spacial score (nSPS) is 20.8. The molecule has 2 fully saturated rings. The molecule has 0 bridgehead atoms. The largest absolute Gasteiger partial charge is 0.496 e. The first-order valence-corrected chi connectivity index (χ1v) is 10.7. The van der Waals surface area contributed by atoms with Gasteiger partial charge in [0.25, 0.3) is 0 Å². The Morgan fingerprint density at radius 3 is 2.26 bits per heavy atom. The number of nitrogens with zero attached hydrogens (tertiary/aromatic N) is 2. The second kappa shape index (κ2) is 9.55. The molecule has 1 unspecified atom stereocenters. The van der Waals surface area contributed by atoms with Crippen LogP contribution in [-0.2, 0) is 4.79 Å². The number of amides is 1. The SMILES string of the molecule is COc1cc(OC)c(C2SCC(=O)N2CCCN2CCCCC2)c(OC)c1. The van der Waals surface area contributed by atoms with Gasteiger partial charge in [0.15, 0.2) is 0 Å². The van der Waals surface area contributed by atoms with Gasteiger partial charge in [0, 0.05) is 18.7 Å². The zero-order valence-corrected chi connectivity index (χ0v) is 17.3. The molecule has 0 aromatic heterocycles. The molecule has 3 rings (SSSR count). The van der Waals surface area contributed by atoms with Crippen molar-refractivity contribution in [1.29, 1.82) is 0 Å². The van der Waals surface area contributed by atoms with Crippen LogP contribution in [0, 0.1) is 0 Å². The van der Waals surface area contributed by atoms with E-state index in [-0.39, 0.29) is 11.3 Å². The molecule has 1 amide bonds. The number of thioether (sulfide) groups is 1. The fraction of sp³-hybridized carbons (Fsp3) is 0.650. The Morgan fingerprint density at radius 2 is 1.67 bits per heavy atom. The summed E-state index contributed by atoms with van der Waals surface area (Å²) in [6.07, 6.45) is 4.92. The number of carbonyl (C=O) groups is 1. The predicted octanol–water partition coefficient (Wildman–Crippen LogP) is 3.16. The number of hydrogen-bond acceptors (Lipinski definition) is 6. The van der Waals surface area contributed by atoms with Crippen LogP contribution < -0.4 is 14.2 Å². The third-order valence-corrected chi connectivity index (χ3v) is 6.51. The Hall–Kier alpha value is -1.60. The molecule has 2 aliphatic heterocycles. The standard InChI is InChI=1S/C20H30N2O4S/c1-24-15-12-16(25-2)19(17(13-15)26-3)20-22(18(23)14-27-20)11-7-10-21-8-5-4-6-9-21/h12-13,20H,4-11,14H2,1-3H3. The Balaban J connectivity index is 1.75. The number of likely N-dealkylation sites (tertiary alicyclic amines) is 1. The number of ether oxygens (including phenoxy) is 3. The van der Waals surface area contributed by atoms with Crippen molar-refractivity contribution in [3.8, 4) is 17.2 Å².